The second-order valence-corrected chi connectivity index (χ2v) is 5.36. The average molecular weight is 285 g/mol. The lowest BCUT2D eigenvalue weighted by Gasteiger charge is -2.13. The zero-order valence-electron chi connectivity index (χ0n) is 12.7. The quantitative estimate of drug-likeness (QED) is 0.934. The molecule has 0 aliphatic rings. The van der Waals surface area contributed by atoms with E-state index in [-0.39, 0.29) is 0 Å². The first-order valence-corrected chi connectivity index (χ1v) is 6.88. The molecule has 2 aromatic rings. The van der Waals surface area contributed by atoms with Gasteiger partial charge in [0.2, 0.25) is 0 Å². The molecule has 5 heteroatoms. The van der Waals surface area contributed by atoms with E-state index < -0.39 is 11.9 Å². The molecule has 2 heterocycles. The van der Waals surface area contributed by atoms with Gasteiger partial charge in [0.05, 0.1) is 5.92 Å². The number of hydrogen-bond donors (Lipinski definition) is 1. The van der Waals surface area contributed by atoms with Crippen LogP contribution in [-0.2, 0) is 11.2 Å². The molecule has 0 saturated carbocycles. The maximum atomic E-state index is 11.0. The van der Waals surface area contributed by atoms with Gasteiger partial charge in [-0.1, -0.05) is 6.92 Å². The lowest BCUT2D eigenvalue weighted by molar-refractivity contribution is -0.141. The standard InChI is InChI=1S/C16H19N3O2/c1-9-5-6-17-14(7-9)15-18-11(3)13(12(4)19-15)8-10(2)16(20)21/h5-7,10H,8H2,1-4H3,(H,20,21). The summed E-state index contributed by atoms with van der Waals surface area (Å²) in [4.78, 5) is 24.3. The van der Waals surface area contributed by atoms with Crippen molar-refractivity contribution in [2.75, 3.05) is 0 Å². The highest BCUT2D eigenvalue weighted by Gasteiger charge is 2.17. The Morgan fingerprint density at radius 1 is 1.24 bits per heavy atom. The molecule has 1 N–H and O–H groups in total. The van der Waals surface area contributed by atoms with E-state index >= 15 is 0 Å². The van der Waals surface area contributed by atoms with Crippen LogP contribution in [0.4, 0.5) is 0 Å². The Hall–Kier alpha value is -2.30. The fourth-order valence-electron chi connectivity index (χ4n) is 2.20. The van der Waals surface area contributed by atoms with Crippen LogP contribution in [0.3, 0.4) is 0 Å². The zero-order valence-corrected chi connectivity index (χ0v) is 12.7. The molecule has 5 nitrogen and oxygen atoms in total. The lowest BCUT2D eigenvalue weighted by atomic mass is 9.99. The van der Waals surface area contributed by atoms with E-state index in [9.17, 15) is 4.79 Å². The van der Waals surface area contributed by atoms with Crippen LogP contribution in [-0.4, -0.2) is 26.0 Å². The number of carbonyl (C=O) groups is 1. The van der Waals surface area contributed by atoms with Crippen molar-refractivity contribution >= 4 is 5.97 Å². The molecule has 0 bridgehead atoms. The normalized spacial score (nSPS) is 12.2. The molecule has 2 aromatic heterocycles. The van der Waals surface area contributed by atoms with Crippen LogP contribution >= 0.6 is 0 Å². The van der Waals surface area contributed by atoms with Crippen LogP contribution in [0.5, 0.6) is 0 Å². The van der Waals surface area contributed by atoms with Gasteiger partial charge in [0.15, 0.2) is 5.82 Å². The summed E-state index contributed by atoms with van der Waals surface area (Å²) in [6.07, 6.45) is 2.17. The van der Waals surface area contributed by atoms with E-state index in [0.29, 0.717) is 12.2 Å². The summed E-state index contributed by atoms with van der Waals surface area (Å²) < 4.78 is 0. The van der Waals surface area contributed by atoms with Crippen LogP contribution in [0.1, 0.15) is 29.4 Å². The average Bonchev–Trinajstić information content (AvgIpc) is 2.42. The Kier molecular flexibility index (Phi) is 4.31. The molecule has 0 radical (unpaired) electrons. The number of hydrogen-bond acceptors (Lipinski definition) is 4. The summed E-state index contributed by atoms with van der Waals surface area (Å²) in [5.74, 6) is -0.674. The summed E-state index contributed by atoms with van der Waals surface area (Å²) in [5, 5.41) is 9.04. The first-order valence-electron chi connectivity index (χ1n) is 6.88. The first-order chi connectivity index (χ1) is 9.88. The van der Waals surface area contributed by atoms with Crippen LogP contribution in [0, 0.1) is 26.7 Å². The minimum atomic E-state index is -0.807. The summed E-state index contributed by atoms with van der Waals surface area (Å²) in [6.45, 7) is 7.46. The maximum absolute atomic E-state index is 11.0. The SMILES string of the molecule is Cc1ccnc(-c2nc(C)c(CC(C)C(=O)O)c(C)n2)c1. The molecule has 0 aliphatic heterocycles. The number of aromatic nitrogens is 3. The predicted octanol–water partition coefficient (Wildman–Crippen LogP) is 2.73. The summed E-state index contributed by atoms with van der Waals surface area (Å²) in [7, 11) is 0. The van der Waals surface area contributed by atoms with Gasteiger partial charge in [-0.2, -0.15) is 0 Å². The number of carboxylic acids is 1. The van der Waals surface area contributed by atoms with Gasteiger partial charge in [0.25, 0.3) is 0 Å². The number of aliphatic carboxylic acids is 1. The molecule has 1 atom stereocenters. The molecule has 0 spiro atoms. The number of carboxylic acid groups (broad SMARTS) is 1. The van der Waals surface area contributed by atoms with Crippen molar-refractivity contribution < 1.29 is 9.90 Å². The van der Waals surface area contributed by atoms with Gasteiger partial charge in [-0.3, -0.25) is 9.78 Å². The van der Waals surface area contributed by atoms with Crippen LogP contribution in [0.2, 0.25) is 0 Å². The molecule has 0 aliphatic carbocycles. The van der Waals surface area contributed by atoms with E-state index in [0.717, 1.165) is 28.2 Å². The van der Waals surface area contributed by atoms with E-state index in [2.05, 4.69) is 15.0 Å². The van der Waals surface area contributed by atoms with Gasteiger partial charge in [-0.05, 0) is 50.5 Å². The zero-order chi connectivity index (χ0) is 15.6. The Morgan fingerprint density at radius 3 is 2.38 bits per heavy atom. The van der Waals surface area contributed by atoms with Crippen molar-refractivity contribution in [1.29, 1.82) is 0 Å². The molecule has 21 heavy (non-hydrogen) atoms. The van der Waals surface area contributed by atoms with Crippen LogP contribution in [0.25, 0.3) is 11.5 Å². The molecule has 110 valence electrons. The fourth-order valence-corrected chi connectivity index (χ4v) is 2.20. The highest BCUT2D eigenvalue weighted by molar-refractivity contribution is 5.70. The Balaban J connectivity index is 2.39. The number of aryl methyl sites for hydroxylation is 3. The summed E-state index contributed by atoms with van der Waals surface area (Å²) in [5.41, 5.74) is 4.37. The minimum absolute atomic E-state index is 0.439. The van der Waals surface area contributed by atoms with E-state index in [4.69, 9.17) is 5.11 Å². The molecule has 0 aromatic carbocycles. The monoisotopic (exact) mass is 285 g/mol. The number of nitrogens with zero attached hydrogens (tertiary/aromatic N) is 3. The lowest BCUT2D eigenvalue weighted by Crippen LogP contribution is -2.15. The van der Waals surface area contributed by atoms with Crippen molar-refractivity contribution in [1.82, 2.24) is 15.0 Å². The smallest absolute Gasteiger partial charge is 0.306 e. The Bertz CT molecular complexity index is 660. The maximum Gasteiger partial charge on any atom is 0.306 e. The molecule has 0 saturated heterocycles. The molecular formula is C16H19N3O2. The number of pyridine rings is 1. The second kappa shape index (κ2) is 5.99. The van der Waals surface area contributed by atoms with Crippen LogP contribution in [0.15, 0.2) is 18.3 Å². The predicted molar refractivity (Wildman–Crippen MR) is 80.0 cm³/mol. The highest BCUT2D eigenvalue weighted by Crippen LogP contribution is 2.20. The van der Waals surface area contributed by atoms with Crippen molar-refractivity contribution in [2.45, 2.75) is 34.1 Å². The largest absolute Gasteiger partial charge is 0.481 e. The van der Waals surface area contributed by atoms with Gasteiger partial charge in [-0.15, -0.1) is 0 Å². The number of rotatable bonds is 4. The highest BCUT2D eigenvalue weighted by atomic mass is 16.4. The van der Waals surface area contributed by atoms with Gasteiger partial charge < -0.3 is 5.11 Å². The molecule has 1 unspecified atom stereocenters. The van der Waals surface area contributed by atoms with E-state index in [1.165, 1.54) is 0 Å². The Morgan fingerprint density at radius 2 is 1.86 bits per heavy atom. The van der Waals surface area contributed by atoms with Crippen molar-refractivity contribution in [3.63, 3.8) is 0 Å². The second-order valence-electron chi connectivity index (χ2n) is 5.36. The summed E-state index contributed by atoms with van der Waals surface area (Å²) >= 11 is 0. The molecule has 0 fully saturated rings. The third-order valence-corrected chi connectivity index (χ3v) is 3.50. The van der Waals surface area contributed by atoms with Gasteiger partial charge >= 0.3 is 5.97 Å². The van der Waals surface area contributed by atoms with E-state index in [1.807, 2.05) is 32.9 Å². The summed E-state index contributed by atoms with van der Waals surface area (Å²) in [6, 6.07) is 3.86. The first kappa shape index (κ1) is 15.1. The Labute approximate surface area is 124 Å². The molecular weight excluding hydrogens is 266 g/mol. The van der Waals surface area contributed by atoms with Crippen molar-refractivity contribution in [3.05, 3.63) is 40.8 Å². The van der Waals surface area contributed by atoms with Crippen LogP contribution < -0.4 is 0 Å². The fraction of sp³-hybridized carbons (Fsp3) is 0.375. The van der Waals surface area contributed by atoms with Gasteiger partial charge in [-0.25, -0.2) is 9.97 Å². The third kappa shape index (κ3) is 3.42. The van der Waals surface area contributed by atoms with Gasteiger partial charge in [0, 0.05) is 17.6 Å². The van der Waals surface area contributed by atoms with E-state index in [1.54, 1.807) is 13.1 Å². The molecule has 2 rings (SSSR count). The minimum Gasteiger partial charge on any atom is -0.481 e. The third-order valence-electron chi connectivity index (χ3n) is 3.50. The van der Waals surface area contributed by atoms with Crippen molar-refractivity contribution in [3.8, 4) is 11.5 Å². The topological polar surface area (TPSA) is 76.0 Å². The molecule has 0 amide bonds. The van der Waals surface area contributed by atoms with Gasteiger partial charge in [0.1, 0.15) is 5.69 Å². The van der Waals surface area contributed by atoms with Crippen molar-refractivity contribution in [2.24, 2.45) is 5.92 Å².